The topological polar surface area (TPSA) is 17.1 Å². The van der Waals surface area contributed by atoms with Crippen molar-refractivity contribution in [1.82, 2.24) is 0 Å². The number of ketones is 1. The Kier molecular flexibility index (Phi) is 3.80. The van der Waals surface area contributed by atoms with E-state index < -0.39 is 0 Å². The van der Waals surface area contributed by atoms with Crippen LogP contribution in [0.25, 0.3) is 10.8 Å². The van der Waals surface area contributed by atoms with Crippen LogP contribution < -0.4 is 0 Å². The first kappa shape index (κ1) is 13.1. The normalized spacial score (nSPS) is 9.90. The third kappa shape index (κ3) is 3.38. The van der Waals surface area contributed by atoms with E-state index in [0.717, 1.165) is 16.5 Å². The lowest BCUT2D eigenvalue weighted by atomic mass is 10.0. The van der Waals surface area contributed by atoms with Gasteiger partial charge in [0, 0.05) is 12.0 Å². The Morgan fingerprint density at radius 3 is 2.33 bits per heavy atom. The number of carbonyl (C=O) groups excluding carboxylic acids is 1. The average Bonchev–Trinajstić information content (AvgIpc) is 2.54. The minimum absolute atomic E-state index is 0.0610. The highest BCUT2D eigenvalue weighted by molar-refractivity contribution is 5.98. The second-order valence-electron chi connectivity index (χ2n) is 4.90. The molecule has 1 heteroatoms. The molecule has 0 saturated heterocycles. The third-order valence-corrected chi connectivity index (χ3v) is 3.30. The number of carbonyl (C=O) groups is 1. The van der Waals surface area contributed by atoms with Gasteiger partial charge in [-0.2, -0.15) is 0 Å². The molecule has 21 heavy (non-hydrogen) atoms. The fourth-order valence-electron chi connectivity index (χ4n) is 2.24. The number of Topliss-reactive ketones (excluding diaryl/α,β-unsaturated/α-hetero) is 1. The van der Waals surface area contributed by atoms with Gasteiger partial charge in [0.25, 0.3) is 0 Å². The largest absolute Gasteiger partial charge is 0.285 e. The van der Waals surface area contributed by atoms with Crippen LogP contribution in [-0.4, -0.2) is 5.78 Å². The van der Waals surface area contributed by atoms with E-state index in [2.05, 4.69) is 30.0 Å². The van der Waals surface area contributed by atoms with E-state index in [4.69, 9.17) is 0 Å². The van der Waals surface area contributed by atoms with Crippen molar-refractivity contribution in [2.75, 3.05) is 0 Å². The summed E-state index contributed by atoms with van der Waals surface area (Å²) in [5.41, 5.74) is 1.87. The molecule has 3 aromatic rings. The molecule has 0 fully saturated rings. The molecule has 1 nitrogen and oxygen atoms in total. The molecule has 0 bridgehead atoms. The van der Waals surface area contributed by atoms with Crippen molar-refractivity contribution < 1.29 is 4.79 Å². The summed E-state index contributed by atoms with van der Waals surface area (Å²) in [7, 11) is 0. The smallest absolute Gasteiger partial charge is 0.210 e. The van der Waals surface area contributed by atoms with Crippen molar-refractivity contribution in [2.45, 2.75) is 6.42 Å². The predicted molar refractivity (Wildman–Crippen MR) is 86.0 cm³/mol. The number of fused-ring (bicyclic) bond motifs is 1. The van der Waals surface area contributed by atoms with Crippen molar-refractivity contribution in [3.63, 3.8) is 0 Å². The molecule has 0 aliphatic rings. The molecule has 0 aliphatic heterocycles. The average molecular weight is 270 g/mol. The van der Waals surface area contributed by atoms with Crippen molar-refractivity contribution in [1.29, 1.82) is 0 Å². The highest BCUT2D eigenvalue weighted by atomic mass is 16.1. The lowest BCUT2D eigenvalue weighted by Crippen LogP contribution is -1.99. The van der Waals surface area contributed by atoms with E-state index in [-0.39, 0.29) is 5.78 Å². The Morgan fingerprint density at radius 2 is 1.52 bits per heavy atom. The van der Waals surface area contributed by atoms with E-state index >= 15 is 0 Å². The van der Waals surface area contributed by atoms with E-state index in [0.29, 0.717) is 6.42 Å². The Hall–Kier alpha value is -2.85. The van der Waals surface area contributed by atoms with Gasteiger partial charge >= 0.3 is 0 Å². The highest BCUT2D eigenvalue weighted by Gasteiger charge is 2.01. The zero-order valence-corrected chi connectivity index (χ0v) is 11.5. The van der Waals surface area contributed by atoms with E-state index in [9.17, 15) is 4.79 Å². The summed E-state index contributed by atoms with van der Waals surface area (Å²) >= 11 is 0. The van der Waals surface area contributed by atoms with Crippen LogP contribution in [0, 0.1) is 11.8 Å². The summed E-state index contributed by atoms with van der Waals surface area (Å²) in [6.45, 7) is 0. The zero-order chi connectivity index (χ0) is 14.5. The molecular weight excluding hydrogens is 256 g/mol. The maximum Gasteiger partial charge on any atom is 0.210 e. The Bertz CT molecular complexity index is 836. The predicted octanol–water partition coefficient (Wildman–Crippen LogP) is 4.00. The van der Waals surface area contributed by atoms with Crippen LogP contribution in [-0.2, 0) is 11.2 Å². The van der Waals surface area contributed by atoms with Crippen molar-refractivity contribution >= 4 is 16.6 Å². The second kappa shape index (κ2) is 6.07. The molecule has 0 heterocycles. The molecule has 3 aromatic carbocycles. The lowest BCUT2D eigenvalue weighted by Gasteiger charge is -2.00. The van der Waals surface area contributed by atoms with E-state index in [1.165, 1.54) is 5.39 Å². The van der Waals surface area contributed by atoms with E-state index in [1.807, 2.05) is 54.6 Å². The SMILES string of the molecule is O=C(C#Cc1ccccc1)Cc1ccc2ccccc2c1. The fraction of sp³-hybridized carbons (Fsp3) is 0.0500. The summed E-state index contributed by atoms with van der Waals surface area (Å²) in [5, 5.41) is 2.34. The zero-order valence-electron chi connectivity index (χ0n) is 11.5. The quantitative estimate of drug-likeness (QED) is 0.643. The number of benzene rings is 3. The molecule has 0 unspecified atom stereocenters. The van der Waals surface area contributed by atoms with Crippen LogP contribution in [0.3, 0.4) is 0 Å². The van der Waals surface area contributed by atoms with Crippen LogP contribution >= 0.6 is 0 Å². The first-order chi connectivity index (χ1) is 10.3. The van der Waals surface area contributed by atoms with Crippen LogP contribution in [0.4, 0.5) is 0 Å². The minimum Gasteiger partial charge on any atom is -0.285 e. The second-order valence-corrected chi connectivity index (χ2v) is 4.90. The monoisotopic (exact) mass is 270 g/mol. The van der Waals surface area contributed by atoms with Gasteiger partial charge in [0.15, 0.2) is 0 Å². The fourth-order valence-corrected chi connectivity index (χ4v) is 2.24. The van der Waals surface area contributed by atoms with Gasteiger partial charge in [-0.25, -0.2) is 0 Å². The number of hydrogen-bond donors (Lipinski definition) is 0. The Labute approximate surface area is 124 Å². The standard InChI is InChI=1S/C20H14O/c21-20(13-11-16-6-2-1-3-7-16)15-17-10-12-18-8-4-5-9-19(18)14-17/h1-10,12,14H,15H2. The molecule has 0 aliphatic carbocycles. The number of hydrogen-bond acceptors (Lipinski definition) is 1. The van der Waals surface area contributed by atoms with Gasteiger partial charge in [-0.15, -0.1) is 0 Å². The molecule has 0 spiro atoms. The molecular formula is C20H14O. The maximum absolute atomic E-state index is 11.9. The van der Waals surface area contributed by atoms with E-state index in [1.54, 1.807) is 0 Å². The summed E-state index contributed by atoms with van der Waals surface area (Å²) < 4.78 is 0. The summed E-state index contributed by atoms with van der Waals surface area (Å²) in [6.07, 6.45) is 0.352. The lowest BCUT2D eigenvalue weighted by molar-refractivity contribution is -0.113. The van der Waals surface area contributed by atoms with Gasteiger partial charge in [0.1, 0.15) is 0 Å². The molecule has 0 N–H and O–H groups in total. The summed E-state index contributed by atoms with van der Waals surface area (Å²) in [4.78, 5) is 11.9. The molecule has 3 rings (SSSR count). The molecule has 100 valence electrons. The van der Waals surface area contributed by atoms with Crippen LogP contribution in [0.5, 0.6) is 0 Å². The van der Waals surface area contributed by atoms with Crippen molar-refractivity contribution in [3.05, 3.63) is 83.9 Å². The summed E-state index contributed by atoms with van der Waals surface area (Å²) in [6, 6.07) is 23.8. The van der Waals surface area contributed by atoms with Crippen LogP contribution in [0.1, 0.15) is 11.1 Å². The first-order valence-electron chi connectivity index (χ1n) is 6.89. The van der Waals surface area contributed by atoms with Gasteiger partial charge in [0.2, 0.25) is 5.78 Å². The van der Waals surface area contributed by atoms with Gasteiger partial charge in [-0.3, -0.25) is 4.79 Å². The highest BCUT2D eigenvalue weighted by Crippen LogP contribution is 2.16. The molecule has 0 atom stereocenters. The van der Waals surface area contributed by atoms with Crippen LogP contribution in [0.15, 0.2) is 72.8 Å². The Balaban J connectivity index is 1.76. The summed E-state index contributed by atoms with van der Waals surface area (Å²) in [5.74, 6) is 5.55. The van der Waals surface area contributed by atoms with Crippen molar-refractivity contribution in [2.24, 2.45) is 0 Å². The maximum atomic E-state index is 11.9. The minimum atomic E-state index is -0.0610. The number of rotatable bonds is 2. The molecule has 0 aromatic heterocycles. The van der Waals surface area contributed by atoms with Gasteiger partial charge in [0.05, 0.1) is 0 Å². The first-order valence-corrected chi connectivity index (χ1v) is 6.89. The Morgan fingerprint density at radius 1 is 0.810 bits per heavy atom. The molecule has 0 saturated carbocycles. The molecule has 0 radical (unpaired) electrons. The van der Waals surface area contributed by atoms with Gasteiger partial charge in [-0.1, -0.05) is 66.6 Å². The molecule has 0 amide bonds. The van der Waals surface area contributed by atoms with Crippen molar-refractivity contribution in [3.8, 4) is 11.8 Å². The van der Waals surface area contributed by atoms with Gasteiger partial charge < -0.3 is 0 Å². The van der Waals surface area contributed by atoms with Gasteiger partial charge in [-0.05, 0) is 34.4 Å². The third-order valence-electron chi connectivity index (χ3n) is 3.30. The van der Waals surface area contributed by atoms with Crippen LogP contribution in [0.2, 0.25) is 0 Å².